The van der Waals surface area contributed by atoms with Crippen molar-refractivity contribution in [2.75, 3.05) is 11.1 Å². The van der Waals surface area contributed by atoms with E-state index in [2.05, 4.69) is 10.3 Å². The number of amides is 2. The molecule has 2 aromatic rings. The summed E-state index contributed by atoms with van der Waals surface area (Å²) in [6.07, 6.45) is 2.91. The van der Waals surface area contributed by atoms with E-state index in [-0.39, 0.29) is 17.2 Å². The molecule has 3 N–H and O–H groups in total. The first-order valence-electron chi connectivity index (χ1n) is 5.99. The summed E-state index contributed by atoms with van der Waals surface area (Å²) in [5.41, 5.74) is 6.01. The number of nitrogens with zero attached hydrogens (tertiary/aromatic N) is 1. The molecule has 21 heavy (non-hydrogen) atoms. The van der Waals surface area contributed by atoms with Gasteiger partial charge >= 0.3 is 0 Å². The van der Waals surface area contributed by atoms with E-state index in [4.69, 9.17) is 17.3 Å². The molecule has 0 aliphatic carbocycles. The van der Waals surface area contributed by atoms with Crippen molar-refractivity contribution < 1.29 is 9.59 Å². The average molecular weight is 322 g/mol. The maximum absolute atomic E-state index is 12.2. The number of anilines is 1. The van der Waals surface area contributed by atoms with E-state index < -0.39 is 5.91 Å². The smallest absolute Gasteiger partial charge is 0.258 e. The summed E-state index contributed by atoms with van der Waals surface area (Å²) in [4.78, 5) is 27.7. The number of carbonyl (C=O) groups is 2. The topological polar surface area (TPSA) is 85.1 Å². The zero-order valence-electron chi connectivity index (χ0n) is 10.9. The summed E-state index contributed by atoms with van der Waals surface area (Å²) in [6.45, 7) is 0. The van der Waals surface area contributed by atoms with Gasteiger partial charge < -0.3 is 11.1 Å². The van der Waals surface area contributed by atoms with Crippen LogP contribution in [0.4, 0.5) is 5.69 Å². The lowest BCUT2D eigenvalue weighted by molar-refractivity contribution is -0.115. The molecule has 0 bridgehead atoms. The van der Waals surface area contributed by atoms with Gasteiger partial charge in [-0.25, -0.2) is 0 Å². The fourth-order valence-corrected chi connectivity index (χ4v) is 2.52. The van der Waals surface area contributed by atoms with E-state index in [1.165, 1.54) is 24.2 Å². The number of carbonyl (C=O) groups excluding carboxylic acids is 2. The van der Waals surface area contributed by atoms with E-state index in [9.17, 15) is 9.59 Å². The van der Waals surface area contributed by atoms with Crippen LogP contribution in [0.5, 0.6) is 0 Å². The molecule has 2 rings (SSSR count). The van der Waals surface area contributed by atoms with Gasteiger partial charge in [0.2, 0.25) is 5.91 Å². The van der Waals surface area contributed by atoms with Crippen molar-refractivity contribution >= 4 is 40.9 Å². The Morgan fingerprint density at radius 3 is 2.76 bits per heavy atom. The molecule has 1 aromatic carbocycles. The Hall–Kier alpha value is -2.05. The van der Waals surface area contributed by atoms with Crippen LogP contribution >= 0.6 is 23.4 Å². The lowest BCUT2D eigenvalue weighted by Gasteiger charge is -2.10. The number of hydrogen-bond acceptors (Lipinski definition) is 4. The van der Waals surface area contributed by atoms with E-state index in [0.717, 1.165) is 4.90 Å². The van der Waals surface area contributed by atoms with Crippen LogP contribution < -0.4 is 11.1 Å². The zero-order valence-corrected chi connectivity index (χ0v) is 12.4. The van der Waals surface area contributed by atoms with Crippen LogP contribution in [-0.2, 0) is 4.79 Å². The lowest BCUT2D eigenvalue weighted by atomic mass is 10.2. The van der Waals surface area contributed by atoms with Crippen LogP contribution in [0.3, 0.4) is 0 Å². The minimum Gasteiger partial charge on any atom is -0.369 e. The van der Waals surface area contributed by atoms with Crippen molar-refractivity contribution in [1.82, 2.24) is 4.98 Å². The first kappa shape index (κ1) is 15.3. The summed E-state index contributed by atoms with van der Waals surface area (Å²) in [5.74, 6) is -0.641. The van der Waals surface area contributed by atoms with Crippen LogP contribution in [0.25, 0.3) is 0 Å². The van der Waals surface area contributed by atoms with Gasteiger partial charge in [0.25, 0.3) is 5.91 Å². The lowest BCUT2D eigenvalue weighted by Crippen LogP contribution is -2.15. The minimum atomic E-state index is -0.420. The summed E-state index contributed by atoms with van der Waals surface area (Å²) >= 11 is 7.22. The van der Waals surface area contributed by atoms with Crippen molar-refractivity contribution in [3.05, 3.63) is 53.3 Å². The maximum Gasteiger partial charge on any atom is 0.258 e. The van der Waals surface area contributed by atoms with Gasteiger partial charge in [-0.3, -0.25) is 14.6 Å². The second kappa shape index (κ2) is 7.10. The molecule has 0 saturated carbocycles. The van der Waals surface area contributed by atoms with Gasteiger partial charge in [0, 0.05) is 17.3 Å². The van der Waals surface area contributed by atoms with Gasteiger partial charge in [-0.05, 0) is 18.2 Å². The Morgan fingerprint density at radius 2 is 2.05 bits per heavy atom. The number of benzene rings is 1. The number of aromatic nitrogens is 1. The van der Waals surface area contributed by atoms with E-state index in [0.29, 0.717) is 10.7 Å². The first-order valence-corrected chi connectivity index (χ1v) is 7.35. The Morgan fingerprint density at radius 1 is 1.29 bits per heavy atom. The number of rotatable bonds is 5. The molecule has 1 aromatic heterocycles. The minimum absolute atomic E-state index is 0.139. The predicted octanol–water partition coefficient (Wildman–Crippen LogP) is 2.56. The van der Waals surface area contributed by atoms with Crippen LogP contribution in [-0.4, -0.2) is 22.6 Å². The molecule has 0 fully saturated rings. The normalized spacial score (nSPS) is 10.1. The molecule has 1 heterocycles. The highest BCUT2D eigenvalue weighted by Gasteiger charge is 2.12. The third-order valence-electron chi connectivity index (χ3n) is 2.52. The van der Waals surface area contributed by atoms with Gasteiger partial charge in [0.05, 0.1) is 22.0 Å². The number of pyridine rings is 1. The molecule has 5 nitrogen and oxygen atoms in total. The number of nitrogens with one attached hydrogen (secondary N) is 1. The van der Waals surface area contributed by atoms with E-state index >= 15 is 0 Å². The van der Waals surface area contributed by atoms with Crippen LogP contribution in [0.2, 0.25) is 5.02 Å². The van der Waals surface area contributed by atoms with E-state index in [1.807, 2.05) is 6.07 Å². The largest absolute Gasteiger partial charge is 0.369 e. The number of halogens is 1. The monoisotopic (exact) mass is 321 g/mol. The highest BCUT2D eigenvalue weighted by Crippen LogP contribution is 2.27. The van der Waals surface area contributed by atoms with Gasteiger partial charge in [0.1, 0.15) is 0 Å². The Bertz CT molecular complexity index is 679. The number of para-hydroxylation sites is 1. The molecule has 0 aliphatic rings. The molecular formula is C14H12ClN3O2S. The van der Waals surface area contributed by atoms with Gasteiger partial charge in [-0.2, -0.15) is 0 Å². The Kier molecular flexibility index (Phi) is 5.19. The fourth-order valence-electron chi connectivity index (χ4n) is 1.58. The molecule has 0 spiro atoms. The van der Waals surface area contributed by atoms with E-state index in [1.54, 1.807) is 24.3 Å². The Balaban J connectivity index is 2.18. The molecule has 108 valence electrons. The summed E-state index contributed by atoms with van der Waals surface area (Å²) < 4.78 is 0. The third-order valence-corrected chi connectivity index (χ3v) is 3.94. The number of nitrogens with two attached hydrogens (primary N) is 1. The highest BCUT2D eigenvalue weighted by atomic mass is 35.5. The predicted molar refractivity (Wildman–Crippen MR) is 83.6 cm³/mol. The number of hydrogen-bond donors (Lipinski definition) is 2. The maximum atomic E-state index is 12.2. The van der Waals surface area contributed by atoms with Gasteiger partial charge in [0.15, 0.2) is 0 Å². The second-order valence-electron chi connectivity index (χ2n) is 4.06. The van der Waals surface area contributed by atoms with Gasteiger partial charge in [-0.1, -0.05) is 23.7 Å². The standard InChI is InChI=1S/C14H12ClN3O2S/c15-10-5-6-17-7-9(10)14(20)18-11-3-1-2-4-12(11)21-8-13(16)19/h1-7H,8H2,(H2,16,19)(H,18,20). The average Bonchev–Trinajstić information content (AvgIpc) is 2.46. The molecule has 0 aliphatic heterocycles. The van der Waals surface area contributed by atoms with Crippen molar-refractivity contribution in [3.8, 4) is 0 Å². The van der Waals surface area contributed by atoms with Crippen molar-refractivity contribution in [1.29, 1.82) is 0 Å². The zero-order chi connectivity index (χ0) is 15.2. The van der Waals surface area contributed by atoms with Crippen molar-refractivity contribution in [2.24, 2.45) is 5.73 Å². The Labute approximate surface area is 130 Å². The van der Waals surface area contributed by atoms with Crippen molar-refractivity contribution in [3.63, 3.8) is 0 Å². The molecule has 2 amide bonds. The van der Waals surface area contributed by atoms with Gasteiger partial charge in [-0.15, -0.1) is 11.8 Å². The first-order chi connectivity index (χ1) is 10.1. The second-order valence-corrected chi connectivity index (χ2v) is 5.49. The summed E-state index contributed by atoms with van der Waals surface area (Å²) in [5, 5.41) is 3.08. The quantitative estimate of drug-likeness (QED) is 0.829. The summed E-state index contributed by atoms with van der Waals surface area (Å²) in [6, 6.07) is 8.69. The molecular weight excluding hydrogens is 310 g/mol. The fraction of sp³-hybridized carbons (Fsp3) is 0.0714. The third kappa shape index (κ3) is 4.21. The molecule has 7 heteroatoms. The molecule has 0 unspecified atom stereocenters. The highest BCUT2D eigenvalue weighted by molar-refractivity contribution is 8.00. The molecule has 0 radical (unpaired) electrons. The number of thioether (sulfide) groups is 1. The SMILES string of the molecule is NC(=O)CSc1ccccc1NC(=O)c1cnccc1Cl. The molecule has 0 saturated heterocycles. The van der Waals surface area contributed by atoms with Crippen LogP contribution in [0.1, 0.15) is 10.4 Å². The summed E-state index contributed by atoms with van der Waals surface area (Å²) in [7, 11) is 0. The molecule has 0 atom stereocenters. The van der Waals surface area contributed by atoms with Crippen LogP contribution in [0.15, 0.2) is 47.6 Å². The number of primary amides is 1. The van der Waals surface area contributed by atoms with Crippen LogP contribution in [0, 0.1) is 0 Å². The van der Waals surface area contributed by atoms with Crippen molar-refractivity contribution in [2.45, 2.75) is 4.90 Å².